The van der Waals surface area contributed by atoms with Gasteiger partial charge in [-0.25, -0.2) is 0 Å². The first-order chi connectivity index (χ1) is 12.3. The van der Waals surface area contributed by atoms with Gasteiger partial charge in [-0.3, -0.25) is 4.79 Å². The molecular weight excluding hydrogens is 314 g/mol. The molecule has 25 heavy (non-hydrogen) atoms. The van der Waals surface area contributed by atoms with Gasteiger partial charge in [0.15, 0.2) is 5.58 Å². The van der Waals surface area contributed by atoms with Crippen LogP contribution in [0, 0.1) is 0 Å². The smallest absolute Gasteiger partial charge is 0.298 e. The highest BCUT2D eigenvalue weighted by Crippen LogP contribution is 2.22. The average molecular weight is 335 g/mol. The van der Waals surface area contributed by atoms with E-state index in [4.69, 9.17) is 4.42 Å². The minimum absolute atomic E-state index is 0.223. The minimum Gasteiger partial charge on any atom is -0.423 e. The topological polar surface area (TPSA) is 49.6 Å². The number of oxazole rings is 1. The second-order valence-electron chi connectivity index (χ2n) is 6.32. The lowest BCUT2D eigenvalue weighted by Crippen LogP contribution is -2.49. The first-order valence-electron chi connectivity index (χ1n) is 8.72. The number of carbonyl (C=O) groups is 1. The molecule has 1 aliphatic rings. The summed E-state index contributed by atoms with van der Waals surface area (Å²) in [6, 6.07) is 18.6. The van der Waals surface area contributed by atoms with Gasteiger partial charge >= 0.3 is 0 Å². The number of rotatable bonds is 4. The Labute approximate surface area is 146 Å². The van der Waals surface area contributed by atoms with Crippen LogP contribution in [0.15, 0.2) is 59.0 Å². The molecule has 1 aromatic heterocycles. The van der Waals surface area contributed by atoms with Gasteiger partial charge in [0.2, 0.25) is 5.91 Å². The molecule has 0 saturated carbocycles. The minimum atomic E-state index is 0.223. The average Bonchev–Trinajstić information content (AvgIpc) is 3.11. The molecule has 0 spiro atoms. The number of benzene rings is 2. The van der Waals surface area contributed by atoms with Crippen molar-refractivity contribution < 1.29 is 9.21 Å². The lowest BCUT2D eigenvalue weighted by Gasteiger charge is -2.33. The Morgan fingerprint density at radius 3 is 2.44 bits per heavy atom. The monoisotopic (exact) mass is 335 g/mol. The predicted octanol–water partition coefficient (Wildman–Crippen LogP) is 3.11. The Balaban J connectivity index is 1.32. The molecule has 4 rings (SSSR count). The van der Waals surface area contributed by atoms with E-state index in [1.165, 1.54) is 5.56 Å². The number of aromatic nitrogens is 1. The van der Waals surface area contributed by atoms with E-state index in [2.05, 4.69) is 22.0 Å². The number of aryl methyl sites for hydroxylation is 1. The van der Waals surface area contributed by atoms with Gasteiger partial charge in [-0.15, -0.1) is 0 Å². The lowest BCUT2D eigenvalue weighted by molar-refractivity contribution is -0.131. The van der Waals surface area contributed by atoms with Crippen molar-refractivity contribution in [2.24, 2.45) is 0 Å². The van der Waals surface area contributed by atoms with Crippen molar-refractivity contribution in [1.29, 1.82) is 0 Å². The SMILES string of the molecule is O=C(CCc1ccccc1)N1CCN(c2nc3ccccc3o2)CC1. The van der Waals surface area contributed by atoms with Gasteiger partial charge in [0.25, 0.3) is 6.01 Å². The molecule has 3 aromatic rings. The molecular formula is C20H21N3O2. The Morgan fingerprint density at radius 2 is 1.68 bits per heavy atom. The molecule has 1 amide bonds. The van der Waals surface area contributed by atoms with Crippen molar-refractivity contribution in [2.75, 3.05) is 31.1 Å². The second-order valence-corrected chi connectivity index (χ2v) is 6.32. The maximum atomic E-state index is 12.4. The van der Waals surface area contributed by atoms with E-state index in [-0.39, 0.29) is 5.91 Å². The van der Waals surface area contributed by atoms with E-state index in [0.29, 0.717) is 25.5 Å². The van der Waals surface area contributed by atoms with Gasteiger partial charge in [-0.05, 0) is 24.1 Å². The fourth-order valence-electron chi connectivity index (χ4n) is 3.20. The molecule has 5 nitrogen and oxygen atoms in total. The molecule has 0 aliphatic carbocycles. The fraction of sp³-hybridized carbons (Fsp3) is 0.300. The predicted molar refractivity (Wildman–Crippen MR) is 97.6 cm³/mol. The van der Waals surface area contributed by atoms with Gasteiger partial charge in [0, 0.05) is 32.6 Å². The summed E-state index contributed by atoms with van der Waals surface area (Å²) in [6.45, 7) is 2.94. The summed E-state index contributed by atoms with van der Waals surface area (Å²) in [4.78, 5) is 21.0. The summed E-state index contributed by atoms with van der Waals surface area (Å²) >= 11 is 0. The third-order valence-electron chi connectivity index (χ3n) is 4.66. The molecule has 0 bridgehead atoms. The molecule has 0 atom stereocenters. The maximum absolute atomic E-state index is 12.4. The number of para-hydroxylation sites is 2. The van der Waals surface area contributed by atoms with Crippen LogP contribution < -0.4 is 4.90 Å². The molecule has 0 radical (unpaired) electrons. The third-order valence-corrected chi connectivity index (χ3v) is 4.66. The molecule has 0 unspecified atom stereocenters. The van der Waals surface area contributed by atoms with Crippen LogP contribution in [0.4, 0.5) is 6.01 Å². The Morgan fingerprint density at radius 1 is 0.960 bits per heavy atom. The third kappa shape index (κ3) is 3.50. The van der Waals surface area contributed by atoms with Crippen LogP contribution >= 0.6 is 0 Å². The Kier molecular flexibility index (Phi) is 4.37. The summed E-state index contributed by atoms with van der Waals surface area (Å²) in [7, 11) is 0. The number of hydrogen-bond acceptors (Lipinski definition) is 4. The number of piperazine rings is 1. The highest BCUT2D eigenvalue weighted by molar-refractivity contribution is 5.77. The van der Waals surface area contributed by atoms with Crippen LogP contribution in [-0.2, 0) is 11.2 Å². The van der Waals surface area contributed by atoms with Crippen molar-refractivity contribution in [3.8, 4) is 0 Å². The lowest BCUT2D eigenvalue weighted by atomic mass is 10.1. The zero-order valence-electron chi connectivity index (χ0n) is 14.1. The van der Waals surface area contributed by atoms with Crippen LogP contribution in [0.3, 0.4) is 0 Å². The summed E-state index contributed by atoms with van der Waals surface area (Å²) in [5, 5.41) is 0. The first-order valence-corrected chi connectivity index (χ1v) is 8.72. The molecule has 1 saturated heterocycles. The maximum Gasteiger partial charge on any atom is 0.298 e. The van der Waals surface area contributed by atoms with E-state index in [1.807, 2.05) is 47.4 Å². The number of fused-ring (bicyclic) bond motifs is 1. The molecule has 2 heterocycles. The van der Waals surface area contributed by atoms with Gasteiger partial charge in [0.1, 0.15) is 5.52 Å². The van der Waals surface area contributed by atoms with Crippen molar-refractivity contribution in [3.05, 3.63) is 60.2 Å². The van der Waals surface area contributed by atoms with Crippen LogP contribution in [0.25, 0.3) is 11.1 Å². The largest absolute Gasteiger partial charge is 0.423 e. The number of amides is 1. The number of hydrogen-bond donors (Lipinski definition) is 0. The molecule has 1 aliphatic heterocycles. The van der Waals surface area contributed by atoms with Gasteiger partial charge in [-0.2, -0.15) is 4.98 Å². The van der Waals surface area contributed by atoms with E-state index in [0.717, 1.165) is 30.6 Å². The second kappa shape index (κ2) is 6.97. The summed E-state index contributed by atoms with van der Waals surface area (Å²) in [6.07, 6.45) is 1.36. The van der Waals surface area contributed by atoms with Crippen LogP contribution in [0.5, 0.6) is 0 Å². The highest BCUT2D eigenvalue weighted by atomic mass is 16.4. The molecule has 2 aromatic carbocycles. The van der Waals surface area contributed by atoms with Crippen LogP contribution in [-0.4, -0.2) is 42.0 Å². The normalized spacial score (nSPS) is 14.9. The summed E-state index contributed by atoms with van der Waals surface area (Å²) < 4.78 is 5.82. The first kappa shape index (κ1) is 15.7. The van der Waals surface area contributed by atoms with Gasteiger partial charge in [-0.1, -0.05) is 42.5 Å². The zero-order valence-corrected chi connectivity index (χ0v) is 14.1. The molecule has 1 fully saturated rings. The molecule has 128 valence electrons. The van der Waals surface area contributed by atoms with Crippen molar-refractivity contribution in [2.45, 2.75) is 12.8 Å². The zero-order chi connectivity index (χ0) is 17.1. The van der Waals surface area contributed by atoms with E-state index in [1.54, 1.807) is 0 Å². The van der Waals surface area contributed by atoms with E-state index in [9.17, 15) is 4.79 Å². The molecule has 5 heteroatoms. The van der Waals surface area contributed by atoms with Gasteiger partial charge in [0.05, 0.1) is 0 Å². The Hall–Kier alpha value is -2.82. The van der Waals surface area contributed by atoms with Crippen molar-refractivity contribution >= 4 is 23.0 Å². The van der Waals surface area contributed by atoms with Crippen LogP contribution in [0.1, 0.15) is 12.0 Å². The Bertz CT molecular complexity index is 819. The summed E-state index contributed by atoms with van der Waals surface area (Å²) in [5.74, 6) is 0.223. The van der Waals surface area contributed by atoms with E-state index >= 15 is 0 Å². The number of nitrogens with zero attached hydrogens (tertiary/aromatic N) is 3. The number of anilines is 1. The van der Waals surface area contributed by atoms with Crippen molar-refractivity contribution in [1.82, 2.24) is 9.88 Å². The van der Waals surface area contributed by atoms with Crippen LogP contribution in [0.2, 0.25) is 0 Å². The standard InChI is InChI=1S/C20H21N3O2/c24-19(11-10-16-6-2-1-3-7-16)22-12-14-23(15-13-22)20-21-17-8-4-5-9-18(17)25-20/h1-9H,10-15H2. The quantitative estimate of drug-likeness (QED) is 0.735. The van der Waals surface area contributed by atoms with E-state index < -0.39 is 0 Å². The highest BCUT2D eigenvalue weighted by Gasteiger charge is 2.23. The number of carbonyl (C=O) groups excluding carboxylic acids is 1. The molecule has 0 N–H and O–H groups in total. The fourth-order valence-corrected chi connectivity index (χ4v) is 3.20. The van der Waals surface area contributed by atoms with Crippen molar-refractivity contribution in [3.63, 3.8) is 0 Å². The summed E-state index contributed by atoms with van der Waals surface area (Å²) in [5.41, 5.74) is 2.89. The van der Waals surface area contributed by atoms with Gasteiger partial charge < -0.3 is 14.2 Å².